The highest BCUT2D eigenvalue weighted by Gasteiger charge is 2.26. The third-order valence-electron chi connectivity index (χ3n) is 4.27. The van der Waals surface area contributed by atoms with E-state index < -0.39 is 11.3 Å². The van der Waals surface area contributed by atoms with Gasteiger partial charge >= 0.3 is 6.03 Å². The summed E-state index contributed by atoms with van der Waals surface area (Å²) in [6.45, 7) is 1.80. The van der Waals surface area contributed by atoms with Crippen LogP contribution in [0, 0.1) is 0 Å². The minimum atomic E-state index is -0.404. The summed E-state index contributed by atoms with van der Waals surface area (Å²) in [5.74, 6) is -0.295. The Labute approximate surface area is 147 Å². The van der Waals surface area contributed by atoms with Crippen LogP contribution in [0.25, 0.3) is 10.2 Å². The number of thiophene rings is 1. The molecule has 0 aliphatic heterocycles. The summed E-state index contributed by atoms with van der Waals surface area (Å²) in [7, 11) is 0. The van der Waals surface area contributed by atoms with Gasteiger partial charge in [0.2, 0.25) is 5.91 Å². The number of imide groups is 1. The number of nitrogens with zero attached hydrogens (tertiary/aromatic N) is 2. The minimum absolute atomic E-state index is 0.232. The molecule has 0 radical (unpaired) electrons. The van der Waals surface area contributed by atoms with Gasteiger partial charge in [0.05, 0.1) is 5.25 Å². The molecule has 0 saturated heterocycles. The molecule has 0 spiro atoms. The molecule has 2 N–H and O–H groups in total. The molecule has 4 rings (SSSR count). The predicted octanol–water partition coefficient (Wildman–Crippen LogP) is 2.65. The molecular formula is C16H18N4O2S2. The molecule has 0 bridgehead atoms. The Morgan fingerprint density at radius 3 is 2.96 bits per heavy atom. The molecule has 1 atom stereocenters. The van der Waals surface area contributed by atoms with Crippen molar-refractivity contribution in [3.63, 3.8) is 0 Å². The highest BCUT2D eigenvalue weighted by Crippen LogP contribution is 2.40. The van der Waals surface area contributed by atoms with Gasteiger partial charge in [0, 0.05) is 16.3 Å². The lowest BCUT2D eigenvalue weighted by Gasteiger charge is -2.12. The van der Waals surface area contributed by atoms with Crippen molar-refractivity contribution >= 4 is 45.3 Å². The lowest BCUT2D eigenvalue weighted by atomic mass is 10.2. The molecule has 8 heteroatoms. The summed E-state index contributed by atoms with van der Waals surface area (Å²) >= 11 is 3.12. The van der Waals surface area contributed by atoms with Crippen LogP contribution in [0.3, 0.4) is 0 Å². The third-order valence-corrected chi connectivity index (χ3v) is 6.57. The number of thioether (sulfide) groups is 1. The molecule has 2 aliphatic rings. The second-order valence-corrected chi connectivity index (χ2v) is 8.63. The van der Waals surface area contributed by atoms with E-state index in [0.717, 1.165) is 40.9 Å². The maximum Gasteiger partial charge on any atom is 0.321 e. The molecule has 3 amide bonds. The topological polar surface area (TPSA) is 84.0 Å². The largest absolute Gasteiger partial charge is 0.335 e. The summed E-state index contributed by atoms with van der Waals surface area (Å²) in [6.07, 6.45) is 6.88. The maximum absolute atomic E-state index is 12.2. The molecule has 126 valence electrons. The van der Waals surface area contributed by atoms with Crippen LogP contribution in [0.5, 0.6) is 0 Å². The van der Waals surface area contributed by atoms with Gasteiger partial charge in [0.25, 0.3) is 0 Å². The zero-order valence-electron chi connectivity index (χ0n) is 13.3. The van der Waals surface area contributed by atoms with Crippen molar-refractivity contribution in [2.75, 3.05) is 0 Å². The van der Waals surface area contributed by atoms with Crippen LogP contribution in [0.4, 0.5) is 4.79 Å². The number of aryl methyl sites for hydroxylation is 2. The summed E-state index contributed by atoms with van der Waals surface area (Å²) in [4.78, 5) is 35.1. The monoisotopic (exact) mass is 362 g/mol. The highest BCUT2D eigenvalue weighted by molar-refractivity contribution is 8.00. The van der Waals surface area contributed by atoms with Gasteiger partial charge in [-0.1, -0.05) is 11.8 Å². The van der Waals surface area contributed by atoms with E-state index in [-0.39, 0.29) is 11.9 Å². The Morgan fingerprint density at radius 1 is 1.33 bits per heavy atom. The van der Waals surface area contributed by atoms with Gasteiger partial charge in [-0.3, -0.25) is 10.1 Å². The Morgan fingerprint density at radius 2 is 2.17 bits per heavy atom. The van der Waals surface area contributed by atoms with Crippen LogP contribution < -0.4 is 10.6 Å². The number of hydrogen-bond acceptors (Lipinski definition) is 6. The first-order chi connectivity index (χ1) is 11.6. The molecule has 0 aromatic carbocycles. The Kier molecular flexibility index (Phi) is 4.17. The van der Waals surface area contributed by atoms with E-state index in [4.69, 9.17) is 0 Å². The molecule has 2 aliphatic carbocycles. The summed E-state index contributed by atoms with van der Waals surface area (Å²) in [5, 5.41) is 6.71. The fraction of sp³-hybridized carbons (Fsp3) is 0.500. The molecule has 24 heavy (non-hydrogen) atoms. The first-order valence-corrected chi connectivity index (χ1v) is 9.84. The van der Waals surface area contributed by atoms with Crippen molar-refractivity contribution < 1.29 is 9.59 Å². The first-order valence-electron chi connectivity index (χ1n) is 8.15. The molecule has 2 aromatic rings. The second-order valence-electron chi connectivity index (χ2n) is 6.21. The van der Waals surface area contributed by atoms with Gasteiger partial charge in [-0.15, -0.1) is 11.3 Å². The number of aromatic nitrogens is 2. The van der Waals surface area contributed by atoms with Crippen LogP contribution in [-0.4, -0.2) is 33.2 Å². The number of urea groups is 1. The number of carbonyl (C=O) groups is 2. The number of nitrogens with one attached hydrogen (secondary N) is 2. The molecule has 1 fully saturated rings. The Bertz CT molecular complexity index is 816. The van der Waals surface area contributed by atoms with Crippen molar-refractivity contribution in [2.45, 2.75) is 55.3 Å². The smallest absolute Gasteiger partial charge is 0.321 e. The maximum atomic E-state index is 12.2. The normalized spacial score (nSPS) is 17.5. The summed E-state index contributed by atoms with van der Waals surface area (Å²) < 4.78 is 0. The van der Waals surface area contributed by atoms with Crippen molar-refractivity contribution in [1.29, 1.82) is 0 Å². The highest BCUT2D eigenvalue weighted by atomic mass is 32.2. The SMILES string of the molecule is CC(Sc1ncnc2sc3c(c12)CCC3)C(=O)NC(=O)NC1CC1. The Hall–Kier alpha value is -1.67. The van der Waals surface area contributed by atoms with Gasteiger partial charge in [-0.25, -0.2) is 14.8 Å². The zero-order chi connectivity index (χ0) is 16.7. The van der Waals surface area contributed by atoms with Crippen LogP contribution >= 0.6 is 23.1 Å². The molecule has 2 aromatic heterocycles. The van der Waals surface area contributed by atoms with Gasteiger partial charge in [0.15, 0.2) is 0 Å². The lowest BCUT2D eigenvalue weighted by Crippen LogP contribution is -2.43. The van der Waals surface area contributed by atoms with Crippen molar-refractivity contribution in [3.05, 3.63) is 16.8 Å². The van der Waals surface area contributed by atoms with Gasteiger partial charge in [0.1, 0.15) is 16.2 Å². The van der Waals surface area contributed by atoms with Crippen LogP contribution in [0.15, 0.2) is 11.4 Å². The minimum Gasteiger partial charge on any atom is -0.335 e. The molecule has 6 nitrogen and oxygen atoms in total. The first kappa shape index (κ1) is 15.8. The molecule has 1 unspecified atom stereocenters. The standard InChI is InChI=1S/C16H18N4O2S2/c1-8(13(21)20-16(22)19-9-5-6-9)23-14-12-10-3-2-4-11(10)24-15(12)18-7-17-14/h7-9H,2-6H2,1H3,(H2,19,20,21,22). The third kappa shape index (κ3) is 3.12. The van der Waals surface area contributed by atoms with E-state index in [1.54, 1.807) is 24.6 Å². The van der Waals surface area contributed by atoms with E-state index in [2.05, 4.69) is 20.6 Å². The summed E-state index contributed by atoms with van der Waals surface area (Å²) in [5.41, 5.74) is 1.34. The fourth-order valence-electron chi connectivity index (χ4n) is 2.87. The van der Waals surface area contributed by atoms with Crippen molar-refractivity contribution in [3.8, 4) is 0 Å². The van der Waals surface area contributed by atoms with Gasteiger partial charge in [-0.05, 0) is 44.6 Å². The number of fused-ring (bicyclic) bond motifs is 3. The van der Waals surface area contributed by atoms with E-state index >= 15 is 0 Å². The average Bonchev–Trinajstić information content (AvgIpc) is 3.10. The van der Waals surface area contributed by atoms with E-state index in [1.165, 1.54) is 28.6 Å². The van der Waals surface area contributed by atoms with Crippen LogP contribution in [-0.2, 0) is 17.6 Å². The average molecular weight is 362 g/mol. The van der Waals surface area contributed by atoms with Crippen LogP contribution in [0.1, 0.15) is 36.6 Å². The number of carbonyl (C=O) groups excluding carboxylic acids is 2. The molecule has 2 heterocycles. The molecular weight excluding hydrogens is 344 g/mol. The zero-order valence-corrected chi connectivity index (χ0v) is 14.9. The van der Waals surface area contributed by atoms with Gasteiger partial charge < -0.3 is 5.32 Å². The number of amides is 3. The summed E-state index contributed by atoms with van der Waals surface area (Å²) in [6, 6.07) is -0.171. The second kappa shape index (κ2) is 6.33. The predicted molar refractivity (Wildman–Crippen MR) is 94.5 cm³/mol. The van der Waals surface area contributed by atoms with E-state index in [0.29, 0.717) is 0 Å². The number of hydrogen-bond donors (Lipinski definition) is 2. The molecule has 1 saturated carbocycles. The lowest BCUT2D eigenvalue weighted by molar-refractivity contribution is -0.119. The number of rotatable bonds is 4. The Balaban J connectivity index is 1.49. The van der Waals surface area contributed by atoms with Crippen LogP contribution in [0.2, 0.25) is 0 Å². The van der Waals surface area contributed by atoms with E-state index in [9.17, 15) is 9.59 Å². The van der Waals surface area contributed by atoms with Gasteiger partial charge in [-0.2, -0.15) is 0 Å². The fourth-order valence-corrected chi connectivity index (χ4v) is 5.11. The van der Waals surface area contributed by atoms with E-state index in [1.807, 2.05) is 0 Å². The quantitative estimate of drug-likeness (QED) is 0.645. The van der Waals surface area contributed by atoms with Crippen molar-refractivity contribution in [2.24, 2.45) is 0 Å². The van der Waals surface area contributed by atoms with Crippen molar-refractivity contribution in [1.82, 2.24) is 20.6 Å².